The zero-order valence-electron chi connectivity index (χ0n) is 19.0. The van der Waals surface area contributed by atoms with Crippen LogP contribution in [0.1, 0.15) is 20.8 Å². The fourth-order valence-corrected chi connectivity index (χ4v) is 5.04. The van der Waals surface area contributed by atoms with Crippen molar-refractivity contribution in [1.82, 2.24) is 10.3 Å². The lowest BCUT2D eigenvalue weighted by Crippen LogP contribution is -2.46. The molecule has 9 nitrogen and oxygen atoms in total. The van der Waals surface area contributed by atoms with Gasteiger partial charge in [-0.25, -0.2) is 8.42 Å². The van der Waals surface area contributed by atoms with Crippen LogP contribution in [0, 0.1) is 17.8 Å². The van der Waals surface area contributed by atoms with E-state index in [9.17, 15) is 18.0 Å². The van der Waals surface area contributed by atoms with Crippen LogP contribution in [0.3, 0.4) is 0 Å². The monoisotopic (exact) mass is 473 g/mol. The van der Waals surface area contributed by atoms with Gasteiger partial charge >= 0.3 is 0 Å². The first-order valence-electron chi connectivity index (χ1n) is 10.9. The number of amides is 2. The lowest BCUT2D eigenvalue weighted by molar-refractivity contribution is -0.118. The summed E-state index contributed by atoms with van der Waals surface area (Å²) >= 11 is 0. The lowest BCUT2D eigenvalue weighted by Gasteiger charge is -2.39. The molecular formula is C23H31N5O4S. The highest BCUT2D eigenvalue weighted by Crippen LogP contribution is 2.27. The van der Waals surface area contributed by atoms with Gasteiger partial charge in [-0.1, -0.05) is 20.8 Å². The van der Waals surface area contributed by atoms with Crippen molar-refractivity contribution >= 4 is 39.4 Å². The van der Waals surface area contributed by atoms with E-state index in [1.807, 2.05) is 0 Å². The van der Waals surface area contributed by atoms with Gasteiger partial charge < -0.3 is 5.32 Å². The Labute approximate surface area is 195 Å². The maximum Gasteiger partial charge on any atom is 0.261 e. The number of hydrogen-bond donors (Lipinski definition) is 4. The molecule has 1 aliphatic heterocycles. The van der Waals surface area contributed by atoms with Crippen molar-refractivity contribution in [1.29, 1.82) is 0 Å². The van der Waals surface area contributed by atoms with Crippen molar-refractivity contribution in [3.05, 3.63) is 48.5 Å². The summed E-state index contributed by atoms with van der Waals surface area (Å²) in [5.41, 5.74) is 6.47. The average Bonchev–Trinajstić information content (AvgIpc) is 2.77. The van der Waals surface area contributed by atoms with E-state index in [1.165, 1.54) is 12.1 Å². The van der Waals surface area contributed by atoms with Crippen LogP contribution in [0.4, 0.5) is 17.1 Å². The first-order valence-corrected chi connectivity index (χ1v) is 12.4. The summed E-state index contributed by atoms with van der Waals surface area (Å²) in [6.45, 7) is 8.80. The molecule has 0 aromatic heterocycles. The van der Waals surface area contributed by atoms with Crippen LogP contribution in [0.5, 0.6) is 0 Å². The summed E-state index contributed by atoms with van der Waals surface area (Å²) in [4.78, 5) is 25.0. The van der Waals surface area contributed by atoms with Gasteiger partial charge in [-0.15, -0.1) is 0 Å². The van der Waals surface area contributed by atoms with E-state index in [1.54, 1.807) is 36.4 Å². The highest BCUT2D eigenvalue weighted by Gasteiger charge is 2.29. The van der Waals surface area contributed by atoms with Crippen molar-refractivity contribution in [2.45, 2.75) is 25.7 Å². The second-order valence-corrected chi connectivity index (χ2v) is 10.3. The van der Waals surface area contributed by atoms with E-state index in [-0.39, 0.29) is 10.8 Å². The fourth-order valence-electron chi connectivity index (χ4n) is 3.98. The zero-order chi connectivity index (χ0) is 24.0. The number of nitrogens with zero attached hydrogens (tertiary/aromatic N) is 1. The van der Waals surface area contributed by atoms with Gasteiger partial charge in [-0.05, 0) is 66.3 Å². The van der Waals surface area contributed by atoms with Gasteiger partial charge in [0.15, 0.2) is 0 Å². The Bertz CT molecular complexity index is 1050. The van der Waals surface area contributed by atoms with Crippen LogP contribution in [-0.2, 0) is 19.6 Å². The first kappa shape index (κ1) is 24.5. The van der Waals surface area contributed by atoms with Gasteiger partial charge in [-0.3, -0.25) is 30.1 Å². The molecule has 1 saturated heterocycles. The van der Waals surface area contributed by atoms with E-state index in [2.05, 4.69) is 46.6 Å². The predicted molar refractivity (Wildman–Crippen MR) is 129 cm³/mol. The van der Waals surface area contributed by atoms with Crippen LogP contribution in [0.15, 0.2) is 53.4 Å². The summed E-state index contributed by atoms with van der Waals surface area (Å²) in [5, 5.41) is 2.85. The standard InChI is InChI=1S/C23H31N5O4S/c1-16-12-28(13-17(2)18(16)3)14-23(30)25-19-8-10-22(11-9-19)33(31,32)27-21-6-4-20(5-7-21)26-24-15-29/h4-11,15-18,26-27H,12-14H2,1-3H3,(H,24,29)(H,25,30). The molecule has 1 heterocycles. The fraction of sp³-hybridized carbons (Fsp3) is 0.391. The van der Waals surface area contributed by atoms with E-state index < -0.39 is 10.0 Å². The van der Waals surface area contributed by atoms with E-state index in [0.717, 1.165) is 13.1 Å². The molecule has 0 bridgehead atoms. The largest absolute Gasteiger partial charge is 0.325 e. The zero-order valence-corrected chi connectivity index (χ0v) is 19.9. The van der Waals surface area contributed by atoms with Crippen molar-refractivity contribution < 1.29 is 18.0 Å². The number of nitrogens with one attached hydrogen (secondary N) is 4. The number of rotatable bonds is 9. The number of anilines is 3. The number of piperidine rings is 1. The number of hydrazine groups is 1. The minimum absolute atomic E-state index is 0.0815. The van der Waals surface area contributed by atoms with Crippen LogP contribution in [-0.4, -0.2) is 45.3 Å². The van der Waals surface area contributed by atoms with E-state index in [4.69, 9.17) is 0 Å². The molecule has 10 heteroatoms. The van der Waals surface area contributed by atoms with Crippen molar-refractivity contribution in [3.8, 4) is 0 Å². The molecular weight excluding hydrogens is 442 g/mol. The van der Waals surface area contributed by atoms with Crippen molar-refractivity contribution in [2.75, 3.05) is 35.1 Å². The maximum atomic E-state index is 12.7. The average molecular weight is 474 g/mol. The van der Waals surface area contributed by atoms with Crippen LogP contribution in [0.25, 0.3) is 0 Å². The molecule has 0 saturated carbocycles. The minimum atomic E-state index is -3.79. The molecule has 0 aliphatic carbocycles. The SMILES string of the molecule is CC1CN(CC(=O)Nc2ccc(S(=O)(=O)Nc3ccc(NNC=O)cc3)cc2)CC(C)C1C. The van der Waals surface area contributed by atoms with Gasteiger partial charge in [0.2, 0.25) is 12.3 Å². The summed E-state index contributed by atoms with van der Waals surface area (Å²) < 4.78 is 27.8. The smallest absolute Gasteiger partial charge is 0.261 e. The molecule has 2 unspecified atom stereocenters. The van der Waals surface area contributed by atoms with Crippen molar-refractivity contribution in [3.63, 3.8) is 0 Å². The van der Waals surface area contributed by atoms with E-state index in [0.29, 0.717) is 47.8 Å². The van der Waals surface area contributed by atoms with Gasteiger partial charge in [0.1, 0.15) is 0 Å². The molecule has 33 heavy (non-hydrogen) atoms. The van der Waals surface area contributed by atoms with Crippen molar-refractivity contribution in [2.24, 2.45) is 17.8 Å². The molecule has 0 spiro atoms. The molecule has 1 fully saturated rings. The predicted octanol–water partition coefficient (Wildman–Crippen LogP) is 2.72. The number of carbonyl (C=O) groups excluding carboxylic acids is 2. The van der Waals surface area contributed by atoms with Gasteiger partial charge in [0.05, 0.1) is 17.1 Å². The molecule has 2 aromatic rings. The summed E-state index contributed by atoms with van der Waals surface area (Å²) in [5.74, 6) is 1.61. The minimum Gasteiger partial charge on any atom is -0.325 e. The summed E-state index contributed by atoms with van der Waals surface area (Å²) in [6, 6.07) is 12.5. The molecule has 2 atom stereocenters. The van der Waals surface area contributed by atoms with Crippen LogP contribution < -0.4 is 20.9 Å². The molecule has 0 radical (unpaired) electrons. The quantitative estimate of drug-likeness (QED) is 0.328. The Balaban J connectivity index is 1.56. The molecule has 4 N–H and O–H groups in total. The molecule has 178 valence electrons. The molecule has 1 aliphatic rings. The van der Waals surface area contributed by atoms with Crippen LogP contribution >= 0.6 is 0 Å². The van der Waals surface area contributed by atoms with Gasteiger partial charge in [0.25, 0.3) is 10.0 Å². The Morgan fingerprint density at radius 2 is 1.48 bits per heavy atom. The van der Waals surface area contributed by atoms with E-state index >= 15 is 0 Å². The first-order chi connectivity index (χ1) is 15.7. The number of likely N-dealkylation sites (tertiary alicyclic amines) is 1. The highest BCUT2D eigenvalue weighted by atomic mass is 32.2. The second-order valence-electron chi connectivity index (χ2n) is 8.65. The molecule has 3 rings (SSSR count). The molecule has 2 amide bonds. The normalized spacial score (nSPS) is 21.1. The van der Waals surface area contributed by atoms with Gasteiger partial charge in [-0.2, -0.15) is 0 Å². The third kappa shape index (κ3) is 6.69. The number of hydrogen-bond acceptors (Lipinski definition) is 6. The summed E-state index contributed by atoms with van der Waals surface area (Å²) in [6.07, 6.45) is 0.498. The molecule has 2 aromatic carbocycles. The highest BCUT2D eigenvalue weighted by molar-refractivity contribution is 7.92. The second kappa shape index (κ2) is 10.7. The topological polar surface area (TPSA) is 120 Å². The number of benzene rings is 2. The number of carbonyl (C=O) groups is 2. The number of sulfonamides is 1. The summed E-state index contributed by atoms with van der Waals surface area (Å²) in [7, 11) is -3.79. The Kier molecular flexibility index (Phi) is 7.93. The Morgan fingerprint density at radius 1 is 0.939 bits per heavy atom. The Hall–Kier alpha value is -3.11. The van der Waals surface area contributed by atoms with Crippen LogP contribution in [0.2, 0.25) is 0 Å². The third-order valence-electron chi connectivity index (χ3n) is 6.12. The Morgan fingerprint density at radius 3 is 2.06 bits per heavy atom. The lowest BCUT2D eigenvalue weighted by atomic mass is 9.81. The maximum absolute atomic E-state index is 12.7. The third-order valence-corrected chi connectivity index (χ3v) is 7.51. The van der Waals surface area contributed by atoms with Gasteiger partial charge in [0, 0.05) is 24.5 Å².